The second-order valence-corrected chi connectivity index (χ2v) is 5.66. The van der Waals surface area contributed by atoms with Gasteiger partial charge in [-0.15, -0.1) is 0 Å². The van der Waals surface area contributed by atoms with Crippen molar-refractivity contribution in [3.05, 3.63) is 0 Å². The van der Waals surface area contributed by atoms with Crippen molar-refractivity contribution < 1.29 is 0 Å². The van der Waals surface area contributed by atoms with Crippen LogP contribution >= 0.6 is 0 Å². The predicted octanol–water partition coefficient (Wildman–Crippen LogP) is 2.24. The summed E-state index contributed by atoms with van der Waals surface area (Å²) in [4.78, 5) is 2.67. The fourth-order valence-corrected chi connectivity index (χ4v) is 2.79. The van der Waals surface area contributed by atoms with Gasteiger partial charge in [0.05, 0.1) is 0 Å². The lowest BCUT2D eigenvalue weighted by Crippen LogP contribution is -2.37. The number of nitrogens with two attached hydrogens (primary N) is 1. The van der Waals surface area contributed by atoms with Gasteiger partial charge in [0.2, 0.25) is 0 Å². The van der Waals surface area contributed by atoms with E-state index in [1.807, 2.05) is 0 Å². The minimum absolute atomic E-state index is 0.633. The van der Waals surface area contributed by atoms with Crippen molar-refractivity contribution in [2.45, 2.75) is 45.4 Å². The molecule has 2 rings (SSSR count). The Bertz CT molecular complexity index is 195. The van der Waals surface area contributed by atoms with E-state index in [2.05, 4.69) is 11.8 Å². The Morgan fingerprint density at radius 2 is 2.07 bits per heavy atom. The summed E-state index contributed by atoms with van der Waals surface area (Å²) < 4.78 is 0. The molecule has 2 aliphatic rings. The summed E-state index contributed by atoms with van der Waals surface area (Å²) in [7, 11) is 0. The molecule has 0 saturated heterocycles. The molecule has 0 spiro atoms. The van der Waals surface area contributed by atoms with Gasteiger partial charge in [0.15, 0.2) is 0 Å². The molecule has 0 heterocycles. The average molecular weight is 210 g/mol. The van der Waals surface area contributed by atoms with E-state index in [-0.39, 0.29) is 0 Å². The van der Waals surface area contributed by atoms with Crippen LogP contribution in [0.15, 0.2) is 0 Å². The zero-order valence-electron chi connectivity index (χ0n) is 10.2. The van der Waals surface area contributed by atoms with E-state index in [1.54, 1.807) is 0 Å². The van der Waals surface area contributed by atoms with E-state index in [9.17, 15) is 0 Å². The molecule has 0 aromatic rings. The van der Waals surface area contributed by atoms with E-state index in [0.717, 1.165) is 12.5 Å². The first kappa shape index (κ1) is 11.4. The highest BCUT2D eigenvalue weighted by atomic mass is 15.1. The maximum atomic E-state index is 5.69. The molecule has 0 atom stereocenters. The van der Waals surface area contributed by atoms with Gasteiger partial charge in [-0.1, -0.05) is 13.3 Å². The molecule has 2 saturated carbocycles. The molecule has 0 unspecified atom stereocenters. The molecule has 2 heteroatoms. The minimum Gasteiger partial charge on any atom is -0.330 e. The second kappa shape index (κ2) is 4.84. The highest BCUT2D eigenvalue weighted by Crippen LogP contribution is 2.49. The summed E-state index contributed by atoms with van der Waals surface area (Å²) in [6.07, 6.45) is 8.50. The minimum atomic E-state index is 0.633. The van der Waals surface area contributed by atoms with Crippen LogP contribution in [-0.2, 0) is 0 Å². The highest BCUT2D eigenvalue weighted by Gasteiger charge is 2.42. The van der Waals surface area contributed by atoms with Crippen LogP contribution in [0.4, 0.5) is 0 Å². The molecule has 88 valence electrons. The summed E-state index contributed by atoms with van der Waals surface area (Å²) in [6, 6.07) is 0. The zero-order chi connectivity index (χ0) is 10.7. The van der Waals surface area contributed by atoms with Crippen LogP contribution in [0.3, 0.4) is 0 Å². The van der Waals surface area contributed by atoms with Gasteiger partial charge >= 0.3 is 0 Å². The highest BCUT2D eigenvalue weighted by molar-refractivity contribution is 4.95. The fourth-order valence-electron chi connectivity index (χ4n) is 2.79. The summed E-state index contributed by atoms with van der Waals surface area (Å²) in [5, 5.41) is 0. The van der Waals surface area contributed by atoms with Crippen molar-refractivity contribution in [1.29, 1.82) is 0 Å². The molecule has 0 aromatic carbocycles. The average Bonchev–Trinajstić information content (AvgIpc) is 2.90. The molecule has 2 N–H and O–H groups in total. The van der Waals surface area contributed by atoms with Gasteiger partial charge in [-0.05, 0) is 56.5 Å². The molecule has 2 fully saturated rings. The number of nitrogens with zero attached hydrogens (tertiary/aromatic N) is 1. The Morgan fingerprint density at radius 1 is 1.33 bits per heavy atom. The van der Waals surface area contributed by atoms with Crippen LogP contribution in [0, 0.1) is 11.3 Å². The molecule has 0 radical (unpaired) electrons. The van der Waals surface area contributed by atoms with Crippen LogP contribution < -0.4 is 5.73 Å². The van der Waals surface area contributed by atoms with E-state index in [4.69, 9.17) is 5.73 Å². The van der Waals surface area contributed by atoms with E-state index < -0.39 is 0 Å². The van der Waals surface area contributed by atoms with E-state index in [0.29, 0.717) is 5.41 Å². The van der Waals surface area contributed by atoms with Crippen LogP contribution in [0.5, 0.6) is 0 Å². The number of hydrogen-bond acceptors (Lipinski definition) is 2. The standard InChI is InChI=1S/C13H26N2/c1-2-15(10-12-4-3-5-12)11-13(6-7-13)8-9-14/h12H,2-11,14H2,1H3. The first-order valence-electron chi connectivity index (χ1n) is 6.70. The molecule has 0 bridgehead atoms. The van der Waals surface area contributed by atoms with Crippen molar-refractivity contribution in [2.24, 2.45) is 17.1 Å². The quantitative estimate of drug-likeness (QED) is 0.698. The third-order valence-electron chi connectivity index (χ3n) is 4.38. The maximum Gasteiger partial charge on any atom is 0.00385 e. The molecule has 15 heavy (non-hydrogen) atoms. The van der Waals surface area contributed by atoms with Gasteiger partial charge in [0.25, 0.3) is 0 Å². The zero-order valence-corrected chi connectivity index (χ0v) is 10.2. The fraction of sp³-hybridized carbons (Fsp3) is 1.00. The topological polar surface area (TPSA) is 29.3 Å². The first-order valence-corrected chi connectivity index (χ1v) is 6.70. The molecule has 2 nitrogen and oxygen atoms in total. The Labute approximate surface area is 94.2 Å². The van der Waals surface area contributed by atoms with Crippen molar-refractivity contribution in [3.63, 3.8) is 0 Å². The maximum absolute atomic E-state index is 5.69. The first-order chi connectivity index (χ1) is 7.28. The second-order valence-electron chi connectivity index (χ2n) is 5.66. The van der Waals surface area contributed by atoms with Gasteiger partial charge < -0.3 is 10.6 Å². The normalized spacial score (nSPS) is 24.2. The summed E-state index contributed by atoms with van der Waals surface area (Å²) in [6.45, 7) is 7.07. The molecular weight excluding hydrogens is 184 g/mol. The summed E-state index contributed by atoms with van der Waals surface area (Å²) >= 11 is 0. The van der Waals surface area contributed by atoms with Crippen molar-refractivity contribution in [2.75, 3.05) is 26.2 Å². The molecule has 0 aliphatic heterocycles. The smallest absolute Gasteiger partial charge is 0.00385 e. The van der Waals surface area contributed by atoms with Crippen LogP contribution in [0.25, 0.3) is 0 Å². The third kappa shape index (κ3) is 2.94. The largest absolute Gasteiger partial charge is 0.330 e. The Kier molecular flexibility index (Phi) is 3.68. The van der Waals surface area contributed by atoms with Gasteiger partial charge in [-0.3, -0.25) is 0 Å². The third-order valence-corrected chi connectivity index (χ3v) is 4.38. The van der Waals surface area contributed by atoms with Crippen LogP contribution in [0.2, 0.25) is 0 Å². The number of hydrogen-bond donors (Lipinski definition) is 1. The summed E-state index contributed by atoms with van der Waals surface area (Å²) in [5.74, 6) is 1.01. The Morgan fingerprint density at radius 3 is 2.47 bits per heavy atom. The van der Waals surface area contributed by atoms with Gasteiger partial charge in [0.1, 0.15) is 0 Å². The predicted molar refractivity (Wildman–Crippen MR) is 64.8 cm³/mol. The van der Waals surface area contributed by atoms with Crippen molar-refractivity contribution in [3.8, 4) is 0 Å². The van der Waals surface area contributed by atoms with Crippen molar-refractivity contribution in [1.82, 2.24) is 4.90 Å². The SMILES string of the molecule is CCN(CC1CCC1)CC1(CCN)CC1. The van der Waals surface area contributed by atoms with Crippen LogP contribution in [0.1, 0.15) is 45.4 Å². The lowest BCUT2D eigenvalue weighted by atomic mass is 9.85. The Balaban J connectivity index is 1.74. The van der Waals surface area contributed by atoms with Gasteiger partial charge in [-0.2, -0.15) is 0 Å². The lowest BCUT2D eigenvalue weighted by Gasteiger charge is -2.34. The Hall–Kier alpha value is -0.0800. The number of rotatable bonds is 7. The van der Waals surface area contributed by atoms with Gasteiger partial charge in [0, 0.05) is 13.1 Å². The van der Waals surface area contributed by atoms with Crippen molar-refractivity contribution >= 4 is 0 Å². The van der Waals surface area contributed by atoms with Gasteiger partial charge in [-0.25, -0.2) is 0 Å². The molecule has 2 aliphatic carbocycles. The van der Waals surface area contributed by atoms with Crippen LogP contribution in [-0.4, -0.2) is 31.1 Å². The van der Waals surface area contributed by atoms with E-state index in [1.165, 1.54) is 58.2 Å². The molecule has 0 aromatic heterocycles. The van der Waals surface area contributed by atoms with E-state index >= 15 is 0 Å². The lowest BCUT2D eigenvalue weighted by molar-refractivity contribution is 0.154. The molecule has 0 amide bonds. The monoisotopic (exact) mass is 210 g/mol. The molecular formula is C13H26N2. The summed E-state index contributed by atoms with van der Waals surface area (Å²) in [5.41, 5.74) is 6.33.